The molecule has 0 aliphatic heterocycles. The second-order valence-corrected chi connectivity index (χ2v) is 2.97. The number of furan rings is 1. The molecule has 3 nitrogen and oxygen atoms in total. The molecule has 0 fully saturated rings. The third-order valence-corrected chi connectivity index (χ3v) is 1.92. The lowest BCUT2D eigenvalue weighted by Gasteiger charge is -2.02. The van der Waals surface area contributed by atoms with Gasteiger partial charge in [-0.25, -0.2) is 4.98 Å². The van der Waals surface area contributed by atoms with Gasteiger partial charge in [-0.15, -0.1) is 0 Å². The molecule has 1 N–H and O–H groups in total. The molecular weight excluding hydrogens is 176 g/mol. The second-order valence-electron chi connectivity index (χ2n) is 2.97. The molecule has 0 aliphatic rings. The normalized spacial score (nSPS) is 10.0. The Bertz CT molecular complexity index is 356. The molecule has 2 heterocycles. The van der Waals surface area contributed by atoms with Crippen molar-refractivity contribution in [2.45, 2.75) is 6.42 Å². The zero-order valence-corrected chi connectivity index (χ0v) is 7.81. The summed E-state index contributed by atoms with van der Waals surface area (Å²) < 4.78 is 5.21. The maximum atomic E-state index is 5.21. The molecule has 3 heteroatoms. The van der Waals surface area contributed by atoms with Crippen molar-refractivity contribution in [2.24, 2.45) is 0 Å². The van der Waals surface area contributed by atoms with Gasteiger partial charge in [-0.3, -0.25) is 0 Å². The van der Waals surface area contributed by atoms with Gasteiger partial charge in [0, 0.05) is 19.2 Å². The summed E-state index contributed by atoms with van der Waals surface area (Å²) in [6.45, 7) is 0.838. The minimum Gasteiger partial charge on any atom is -0.469 e. The molecular formula is C11H12N2O. The van der Waals surface area contributed by atoms with Crippen LogP contribution in [0, 0.1) is 0 Å². The Labute approximate surface area is 82.8 Å². The standard InChI is InChI=1S/C11H12N2O/c1-2-7-12-11(5-1)13-8-6-10-4-3-9-14-10/h1-5,7,9H,6,8H2,(H,12,13). The third-order valence-electron chi connectivity index (χ3n) is 1.92. The van der Waals surface area contributed by atoms with Gasteiger partial charge in [0.15, 0.2) is 0 Å². The van der Waals surface area contributed by atoms with Crippen molar-refractivity contribution in [3.63, 3.8) is 0 Å². The van der Waals surface area contributed by atoms with Crippen molar-refractivity contribution in [1.29, 1.82) is 0 Å². The van der Waals surface area contributed by atoms with Crippen molar-refractivity contribution < 1.29 is 4.42 Å². The molecule has 0 bridgehead atoms. The lowest BCUT2D eigenvalue weighted by atomic mass is 10.3. The van der Waals surface area contributed by atoms with Crippen LogP contribution in [-0.4, -0.2) is 11.5 Å². The summed E-state index contributed by atoms with van der Waals surface area (Å²) in [6.07, 6.45) is 4.34. The van der Waals surface area contributed by atoms with Gasteiger partial charge in [0.1, 0.15) is 11.6 Å². The highest BCUT2D eigenvalue weighted by atomic mass is 16.3. The summed E-state index contributed by atoms with van der Waals surface area (Å²) in [7, 11) is 0. The molecule has 2 aromatic rings. The van der Waals surface area contributed by atoms with Crippen molar-refractivity contribution in [3.8, 4) is 0 Å². The molecule has 0 atom stereocenters. The van der Waals surface area contributed by atoms with Gasteiger partial charge in [-0.05, 0) is 24.3 Å². The van der Waals surface area contributed by atoms with Crippen LogP contribution in [-0.2, 0) is 6.42 Å². The van der Waals surface area contributed by atoms with Crippen LogP contribution in [0.1, 0.15) is 5.76 Å². The van der Waals surface area contributed by atoms with E-state index in [-0.39, 0.29) is 0 Å². The zero-order valence-electron chi connectivity index (χ0n) is 7.81. The lowest BCUT2D eigenvalue weighted by molar-refractivity contribution is 0.513. The predicted octanol–water partition coefficient (Wildman–Crippen LogP) is 2.33. The van der Waals surface area contributed by atoms with Gasteiger partial charge in [-0.2, -0.15) is 0 Å². The molecule has 0 saturated heterocycles. The number of rotatable bonds is 4. The number of aromatic nitrogens is 1. The van der Waals surface area contributed by atoms with E-state index >= 15 is 0 Å². The number of hydrogen-bond acceptors (Lipinski definition) is 3. The quantitative estimate of drug-likeness (QED) is 0.800. The van der Waals surface area contributed by atoms with Crippen molar-refractivity contribution in [3.05, 3.63) is 48.6 Å². The van der Waals surface area contributed by atoms with E-state index in [0.29, 0.717) is 0 Å². The average Bonchev–Trinajstić information content (AvgIpc) is 2.72. The lowest BCUT2D eigenvalue weighted by Crippen LogP contribution is -2.05. The molecule has 2 aromatic heterocycles. The van der Waals surface area contributed by atoms with Gasteiger partial charge < -0.3 is 9.73 Å². The summed E-state index contributed by atoms with van der Waals surface area (Å²) in [4.78, 5) is 4.16. The van der Waals surface area contributed by atoms with E-state index in [1.54, 1.807) is 12.5 Å². The van der Waals surface area contributed by atoms with Gasteiger partial charge >= 0.3 is 0 Å². The van der Waals surface area contributed by atoms with Crippen LogP contribution in [0.5, 0.6) is 0 Å². The molecule has 0 unspecified atom stereocenters. The Morgan fingerprint density at radius 3 is 2.93 bits per heavy atom. The first kappa shape index (κ1) is 8.81. The predicted molar refractivity (Wildman–Crippen MR) is 55.1 cm³/mol. The topological polar surface area (TPSA) is 38.1 Å². The summed E-state index contributed by atoms with van der Waals surface area (Å²) in [5.41, 5.74) is 0. The SMILES string of the molecule is c1ccc(NCCc2ccco2)nc1. The zero-order chi connectivity index (χ0) is 9.64. The van der Waals surface area contributed by atoms with E-state index in [4.69, 9.17) is 4.42 Å². The molecule has 0 aromatic carbocycles. The van der Waals surface area contributed by atoms with E-state index in [0.717, 1.165) is 24.5 Å². The summed E-state index contributed by atoms with van der Waals surface area (Å²) in [6, 6.07) is 9.68. The van der Waals surface area contributed by atoms with Gasteiger partial charge in [0.2, 0.25) is 0 Å². The Hall–Kier alpha value is -1.77. The minimum atomic E-state index is 0.838. The Morgan fingerprint density at radius 1 is 1.21 bits per heavy atom. The van der Waals surface area contributed by atoms with E-state index in [9.17, 15) is 0 Å². The molecule has 0 spiro atoms. The molecule has 2 rings (SSSR count). The van der Waals surface area contributed by atoms with E-state index < -0.39 is 0 Å². The van der Waals surface area contributed by atoms with Crippen LogP contribution >= 0.6 is 0 Å². The smallest absolute Gasteiger partial charge is 0.125 e. The average molecular weight is 188 g/mol. The van der Waals surface area contributed by atoms with Crippen LogP contribution in [0.3, 0.4) is 0 Å². The summed E-state index contributed by atoms with van der Waals surface area (Å²) >= 11 is 0. The molecule has 14 heavy (non-hydrogen) atoms. The monoisotopic (exact) mass is 188 g/mol. The number of hydrogen-bond donors (Lipinski definition) is 1. The number of anilines is 1. The van der Waals surface area contributed by atoms with Crippen LogP contribution in [0.15, 0.2) is 47.2 Å². The number of nitrogens with zero attached hydrogens (tertiary/aromatic N) is 1. The maximum absolute atomic E-state index is 5.21. The van der Waals surface area contributed by atoms with Gasteiger partial charge in [0.25, 0.3) is 0 Å². The van der Waals surface area contributed by atoms with Crippen LogP contribution in [0.25, 0.3) is 0 Å². The van der Waals surface area contributed by atoms with E-state index in [1.807, 2.05) is 30.3 Å². The van der Waals surface area contributed by atoms with E-state index in [2.05, 4.69) is 10.3 Å². The minimum absolute atomic E-state index is 0.838. The van der Waals surface area contributed by atoms with E-state index in [1.165, 1.54) is 0 Å². The first-order valence-corrected chi connectivity index (χ1v) is 4.62. The van der Waals surface area contributed by atoms with Crippen molar-refractivity contribution in [1.82, 2.24) is 4.98 Å². The van der Waals surface area contributed by atoms with Crippen molar-refractivity contribution >= 4 is 5.82 Å². The van der Waals surface area contributed by atoms with Crippen LogP contribution < -0.4 is 5.32 Å². The highest BCUT2D eigenvalue weighted by Crippen LogP contribution is 2.03. The Morgan fingerprint density at radius 2 is 2.21 bits per heavy atom. The van der Waals surface area contributed by atoms with Crippen LogP contribution in [0.2, 0.25) is 0 Å². The maximum Gasteiger partial charge on any atom is 0.125 e. The first-order chi connectivity index (χ1) is 6.95. The Kier molecular flexibility index (Phi) is 2.81. The molecule has 0 saturated carbocycles. The van der Waals surface area contributed by atoms with Crippen molar-refractivity contribution in [2.75, 3.05) is 11.9 Å². The van der Waals surface area contributed by atoms with Gasteiger partial charge in [-0.1, -0.05) is 6.07 Å². The number of nitrogens with one attached hydrogen (secondary N) is 1. The first-order valence-electron chi connectivity index (χ1n) is 4.62. The fourth-order valence-corrected chi connectivity index (χ4v) is 1.24. The molecule has 0 aliphatic carbocycles. The molecule has 0 amide bonds. The molecule has 72 valence electrons. The van der Waals surface area contributed by atoms with Crippen LogP contribution in [0.4, 0.5) is 5.82 Å². The van der Waals surface area contributed by atoms with Gasteiger partial charge in [0.05, 0.1) is 6.26 Å². The highest BCUT2D eigenvalue weighted by Gasteiger charge is 1.95. The largest absolute Gasteiger partial charge is 0.469 e. The number of pyridine rings is 1. The second kappa shape index (κ2) is 4.46. The third kappa shape index (κ3) is 2.36. The summed E-state index contributed by atoms with van der Waals surface area (Å²) in [5.74, 6) is 1.90. The fraction of sp³-hybridized carbons (Fsp3) is 0.182. The Balaban J connectivity index is 1.79. The molecule has 0 radical (unpaired) electrons. The highest BCUT2D eigenvalue weighted by molar-refractivity contribution is 5.33. The summed E-state index contributed by atoms with van der Waals surface area (Å²) in [5, 5.41) is 3.21. The fourth-order valence-electron chi connectivity index (χ4n) is 1.24.